The highest BCUT2D eigenvalue weighted by Gasteiger charge is 1.93. The van der Waals surface area contributed by atoms with Crippen molar-refractivity contribution in [2.45, 2.75) is 33.0 Å². The van der Waals surface area contributed by atoms with Crippen LogP contribution in [0.15, 0.2) is 55.0 Å². The standard InChI is InChI=1S/C8H12N2.C7H11N3.C7H3N3/c1-2-7-3-4-10-8(5-7)6-9;2*8-4-6-1-2-10-7(3-6)5-9/h3-5H,2,6,9H2,1H3;1-3H,4-5,8-9H2;1-3H. The molecule has 8 nitrogen and oxygen atoms in total. The summed E-state index contributed by atoms with van der Waals surface area (Å²) in [6.07, 6.45) is 6.03. The van der Waals surface area contributed by atoms with Gasteiger partial charge in [0, 0.05) is 38.2 Å². The molecule has 8 heteroatoms. The Hall–Kier alpha value is -3.69. The summed E-state index contributed by atoms with van der Waals surface area (Å²) < 4.78 is 0. The zero-order valence-electron chi connectivity index (χ0n) is 17.0. The molecule has 0 saturated carbocycles. The van der Waals surface area contributed by atoms with E-state index < -0.39 is 0 Å². The zero-order valence-corrected chi connectivity index (χ0v) is 17.0. The third-order valence-electron chi connectivity index (χ3n) is 3.83. The van der Waals surface area contributed by atoms with E-state index in [1.54, 1.807) is 18.5 Å². The van der Waals surface area contributed by atoms with Gasteiger partial charge in [-0.3, -0.25) is 9.97 Å². The quantitative estimate of drug-likeness (QED) is 0.595. The molecular weight excluding hydrogens is 376 g/mol. The van der Waals surface area contributed by atoms with Crippen LogP contribution in [0.3, 0.4) is 0 Å². The Morgan fingerprint density at radius 2 is 1.30 bits per heavy atom. The van der Waals surface area contributed by atoms with Crippen LogP contribution < -0.4 is 17.2 Å². The average molecular weight is 403 g/mol. The number of hydrogen-bond acceptors (Lipinski definition) is 8. The summed E-state index contributed by atoms with van der Waals surface area (Å²) in [5, 5.41) is 16.7. The van der Waals surface area contributed by atoms with Crippen molar-refractivity contribution in [3.63, 3.8) is 0 Å². The van der Waals surface area contributed by atoms with Crippen molar-refractivity contribution in [3.8, 4) is 12.1 Å². The van der Waals surface area contributed by atoms with Crippen LogP contribution in [0, 0.1) is 22.7 Å². The predicted octanol–water partition coefficient (Wildman–Crippen LogP) is 1.93. The van der Waals surface area contributed by atoms with Crippen molar-refractivity contribution >= 4 is 0 Å². The first kappa shape index (κ1) is 24.3. The maximum absolute atomic E-state index is 8.37. The largest absolute Gasteiger partial charge is 0.326 e. The fourth-order valence-corrected chi connectivity index (χ4v) is 2.19. The van der Waals surface area contributed by atoms with E-state index in [9.17, 15) is 0 Å². The SMILES string of the molecule is CCc1ccnc(CN)c1.N#Cc1ccnc(C#N)c1.NCc1ccnc(CN)c1. The van der Waals surface area contributed by atoms with Crippen LogP contribution in [0.25, 0.3) is 0 Å². The third kappa shape index (κ3) is 9.00. The minimum Gasteiger partial charge on any atom is -0.326 e. The Morgan fingerprint density at radius 3 is 1.80 bits per heavy atom. The molecule has 0 spiro atoms. The van der Waals surface area contributed by atoms with Gasteiger partial charge in [0.05, 0.1) is 23.0 Å². The molecule has 6 N–H and O–H groups in total. The molecule has 3 heterocycles. The first-order valence-corrected chi connectivity index (χ1v) is 9.34. The van der Waals surface area contributed by atoms with Gasteiger partial charge < -0.3 is 17.2 Å². The molecule has 0 unspecified atom stereocenters. The minimum atomic E-state index is 0.277. The molecule has 0 bridgehead atoms. The Morgan fingerprint density at radius 1 is 0.733 bits per heavy atom. The molecule has 3 rings (SSSR count). The monoisotopic (exact) mass is 402 g/mol. The van der Waals surface area contributed by atoms with Crippen LogP contribution in [0.4, 0.5) is 0 Å². The fraction of sp³-hybridized carbons (Fsp3) is 0.227. The summed E-state index contributed by atoms with van der Waals surface area (Å²) >= 11 is 0. The van der Waals surface area contributed by atoms with Gasteiger partial charge in [0.2, 0.25) is 0 Å². The zero-order chi connectivity index (χ0) is 22.2. The van der Waals surface area contributed by atoms with E-state index in [1.165, 1.54) is 17.8 Å². The maximum atomic E-state index is 8.37. The summed E-state index contributed by atoms with van der Waals surface area (Å²) in [5.41, 5.74) is 21.2. The normalized spacial score (nSPS) is 9.13. The lowest BCUT2D eigenvalue weighted by Gasteiger charge is -1.97. The Kier molecular flexibility index (Phi) is 11.6. The number of nitrogens with two attached hydrogens (primary N) is 3. The lowest BCUT2D eigenvalue weighted by atomic mass is 10.2. The average Bonchev–Trinajstić information content (AvgIpc) is 2.84. The fourth-order valence-electron chi connectivity index (χ4n) is 2.19. The van der Waals surface area contributed by atoms with E-state index >= 15 is 0 Å². The van der Waals surface area contributed by atoms with E-state index in [-0.39, 0.29) is 5.69 Å². The molecule has 0 fully saturated rings. The van der Waals surface area contributed by atoms with Crippen molar-refractivity contribution in [2.24, 2.45) is 17.2 Å². The lowest BCUT2D eigenvalue weighted by Crippen LogP contribution is -2.02. The highest BCUT2D eigenvalue weighted by atomic mass is 14.7. The summed E-state index contributed by atoms with van der Waals surface area (Å²) in [7, 11) is 0. The van der Waals surface area contributed by atoms with Crippen molar-refractivity contribution < 1.29 is 0 Å². The number of hydrogen-bond donors (Lipinski definition) is 3. The van der Waals surface area contributed by atoms with Crippen molar-refractivity contribution in [3.05, 3.63) is 88.8 Å². The van der Waals surface area contributed by atoms with Gasteiger partial charge >= 0.3 is 0 Å². The van der Waals surface area contributed by atoms with Crippen LogP contribution in [-0.2, 0) is 26.1 Å². The number of nitrogens with zero attached hydrogens (tertiary/aromatic N) is 5. The van der Waals surface area contributed by atoms with E-state index in [4.69, 9.17) is 27.7 Å². The van der Waals surface area contributed by atoms with Gasteiger partial charge in [0.25, 0.3) is 0 Å². The van der Waals surface area contributed by atoms with E-state index in [0.29, 0.717) is 25.2 Å². The number of aromatic nitrogens is 3. The molecule has 3 aromatic heterocycles. The lowest BCUT2D eigenvalue weighted by molar-refractivity contribution is 0.963. The topological polar surface area (TPSA) is 164 Å². The first-order chi connectivity index (χ1) is 14.6. The minimum absolute atomic E-state index is 0.277. The maximum Gasteiger partial charge on any atom is 0.141 e. The van der Waals surface area contributed by atoms with E-state index in [1.807, 2.05) is 36.4 Å². The van der Waals surface area contributed by atoms with Crippen LogP contribution in [0.2, 0.25) is 0 Å². The predicted molar refractivity (Wildman–Crippen MR) is 115 cm³/mol. The number of rotatable bonds is 4. The molecule has 0 aromatic carbocycles. The number of nitriles is 2. The smallest absolute Gasteiger partial charge is 0.141 e. The van der Waals surface area contributed by atoms with Gasteiger partial charge in [0.15, 0.2) is 0 Å². The Bertz CT molecular complexity index is 873. The van der Waals surface area contributed by atoms with Gasteiger partial charge in [-0.25, -0.2) is 4.98 Å². The number of aryl methyl sites for hydroxylation is 1. The Balaban J connectivity index is 0.000000225. The molecule has 0 aliphatic heterocycles. The summed E-state index contributed by atoms with van der Waals surface area (Å²) in [4.78, 5) is 11.8. The van der Waals surface area contributed by atoms with Crippen molar-refractivity contribution in [1.29, 1.82) is 10.5 Å². The molecule has 0 radical (unpaired) electrons. The molecule has 0 saturated heterocycles. The van der Waals surface area contributed by atoms with Gasteiger partial charge in [-0.2, -0.15) is 10.5 Å². The third-order valence-corrected chi connectivity index (χ3v) is 3.83. The summed E-state index contributed by atoms with van der Waals surface area (Å²) in [6, 6.07) is 14.6. The number of pyridine rings is 3. The molecule has 0 amide bonds. The molecule has 0 atom stereocenters. The first-order valence-electron chi connectivity index (χ1n) is 9.34. The molecule has 3 aromatic rings. The van der Waals surface area contributed by atoms with Crippen molar-refractivity contribution in [2.75, 3.05) is 0 Å². The van der Waals surface area contributed by atoms with Crippen molar-refractivity contribution in [1.82, 2.24) is 15.0 Å². The van der Waals surface area contributed by atoms with E-state index in [0.717, 1.165) is 23.4 Å². The van der Waals surface area contributed by atoms with Gasteiger partial charge in [-0.05, 0) is 53.9 Å². The highest BCUT2D eigenvalue weighted by Crippen LogP contribution is 2.01. The highest BCUT2D eigenvalue weighted by molar-refractivity contribution is 5.33. The van der Waals surface area contributed by atoms with Crippen LogP contribution in [0.1, 0.15) is 40.7 Å². The molecule has 154 valence electrons. The summed E-state index contributed by atoms with van der Waals surface area (Å²) in [6.45, 7) is 3.69. The van der Waals surface area contributed by atoms with Crippen LogP contribution >= 0.6 is 0 Å². The second-order valence-electron chi connectivity index (χ2n) is 5.93. The van der Waals surface area contributed by atoms with Crippen LogP contribution in [0.5, 0.6) is 0 Å². The second kappa shape index (κ2) is 14.3. The van der Waals surface area contributed by atoms with Gasteiger partial charge in [-0.1, -0.05) is 6.92 Å². The Labute approximate surface area is 177 Å². The van der Waals surface area contributed by atoms with Crippen LogP contribution in [-0.4, -0.2) is 15.0 Å². The molecule has 0 aliphatic carbocycles. The molecule has 30 heavy (non-hydrogen) atoms. The molecule has 0 aliphatic rings. The summed E-state index contributed by atoms with van der Waals surface area (Å²) in [5.74, 6) is 0. The van der Waals surface area contributed by atoms with Gasteiger partial charge in [-0.15, -0.1) is 0 Å². The van der Waals surface area contributed by atoms with E-state index in [2.05, 4.69) is 21.9 Å². The molecular formula is C22H26N8. The second-order valence-corrected chi connectivity index (χ2v) is 5.93. The van der Waals surface area contributed by atoms with Gasteiger partial charge in [0.1, 0.15) is 11.8 Å².